The predicted octanol–water partition coefficient (Wildman–Crippen LogP) is 5.40. The van der Waals surface area contributed by atoms with Crippen LogP contribution in [-0.2, 0) is 0 Å². The molecule has 0 aliphatic carbocycles. The number of hydrogen-bond acceptors (Lipinski definition) is 5. The zero-order valence-corrected chi connectivity index (χ0v) is 17.7. The van der Waals surface area contributed by atoms with Gasteiger partial charge in [-0.3, -0.25) is 10.1 Å². The second kappa shape index (κ2) is 9.17. The summed E-state index contributed by atoms with van der Waals surface area (Å²) in [5, 5.41) is 6.27. The van der Waals surface area contributed by atoms with E-state index in [1.807, 2.05) is 0 Å². The van der Waals surface area contributed by atoms with E-state index in [4.69, 9.17) is 49.3 Å². The van der Waals surface area contributed by atoms with Gasteiger partial charge in [0.1, 0.15) is 17.3 Å². The maximum absolute atomic E-state index is 12.5. The van der Waals surface area contributed by atoms with E-state index in [-0.39, 0.29) is 10.9 Å². The van der Waals surface area contributed by atoms with Crippen molar-refractivity contribution >= 4 is 52.1 Å². The quantitative estimate of drug-likeness (QED) is 0.507. The average Bonchev–Trinajstić information content (AvgIpc) is 3.20. The number of rotatable bonds is 5. The normalized spacial score (nSPS) is 10.3. The molecular weight excluding hydrogens is 435 g/mol. The summed E-state index contributed by atoms with van der Waals surface area (Å²) in [7, 11) is 3.08. The summed E-state index contributed by atoms with van der Waals surface area (Å²) < 4.78 is 16.1. The van der Waals surface area contributed by atoms with E-state index < -0.39 is 5.91 Å². The molecule has 150 valence electrons. The van der Waals surface area contributed by atoms with E-state index in [0.717, 1.165) is 0 Å². The Labute approximate surface area is 182 Å². The molecule has 0 aliphatic rings. The van der Waals surface area contributed by atoms with Crippen molar-refractivity contribution in [3.05, 3.63) is 64.3 Å². The van der Waals surface area contributed by atoms with E-state index in [0.29, 0.717) is 38.6 Å². The number of carbonyl (C=O) groups is 1. The minimum absolute atomic E-state index is 0.0674. The van der Waals surface area contributed by atoms with Crippen molar-refractivity contribution in [1.82, 2.24) is 5.32 Å². The molecule has 1 amide bonds. The van der Waals surface area contributed by atoms with E-state index in [1.54, 1.807) is 49.6 Å². The molecule has 9 heteroatoms. The molecule has 0 saturated carbocycles. The first-order valence-corrected chi connectivity index (χ1v) is 9.48. The fourth-order valence-electron chi connectivity index (χ4n) is 2.53. The Morgan fingerprint density at radius 1 is 1.07 bits per heavy atom. The summed E-state index contributed by atoms with van der Waals surface area (Å²) >= 11 is 17.4. The fraction of sp³-hybridized carbons (Fsp3) is 0.100. The van der Waals surface area contributed by atoms with Crippen LogP contribution in [0.4, 0.5) is 5.69 Å². The molecule has 0 radical (unpaired) electrons. The number of nitrogens with one attached hydrogen (secondary N) is 2. The Morgan fingerprint density at radius 3 is 2.59 bits per heavy atom. The van der Waals surface area contributed by atoms with Crippen LogP contribution in [0.2, 0.25) is 10.0 Å². The number of halogens is 2. The molecule has 0 unspecified atom stereocenters. The molecule has 0 bridgehead atoms. The molecule has 2 N–H and O–H groups in total. The minimum Gasteiger partial charge on any atom is -0.497 e. The molecular formula is C20H16Cl2N2O4S. The molecule has 1 aromatic heterocycles. The van der Waals surface area contributed by atoms with Gasteiger partial charge in [0.25, 0.3) is 5.91 Å². The second-order valence-corrected chi connectivity index (χ2v) is 6.93. The van der Waals surface area contributed by atoms with Crippen molar-refractivity contribution in [2.24, 2.45) is 0 Å². The molecule has 3 rings (SSSR count). The topological polar surface area (TPSA) is 72.7 Å². The third kappa shape index (κ3) is 4.82. The number of ether oxygens (including phenoxy) is 2. The van der Waals surface area contributed by atoms with Crippen molar-refractivity contribution < 1.29 is 18.7 Å². The Balaban J connectivity index is 1.72. The molecule has 6 nitrogen and oxygen atoms in total. The van der Waals surface area contributed by atoms with Crippen molar-refractivity contribution in [3.63, 3.8) is 0 Å². The van der Waals surface area contributed by atoms with Crippen LogP contribution in [0, 0.1) is 0 Å². The number of amides is 1. The second-order valence-electron chi connectivity index (χ2n) is 5.74. The van der Waals surface area contributed by atoms with Gasteiger partial charge in [-0.25, -0.2) is 0 Å². The lowest BCUT2D eigenvalue weighted by Crippen LogP contribution is -2.34. The van der Waals surface area contributed by atoms with Crippen LogP contribution in [-0.4, -0.2) is 25.2 Å². The lowest BCUT2D eigenvalue weighted by Gasteiger charge is -2.13. The van der Waals surface area contributed by atoms with Crippen LogP contribution in [0.15, 0.2) is 52.9 Å². The first kappa shape index (κ1) is 21.0. The third-order valence-electron chi connectivity index (χ3n) is 3.93. The number of furan rings is 1. The first-order valence-electron chi connectivity index (χ1n) is 8.31. The standard InChI is InChI=1S/C20H16Cl2N2O4S/c1-26-11-6-7-16(27-2)14(10-11)23-20(29)24-19(25)17-9-8-15(28-17)12-4-3-5-13(21)18(12)22/h3-10H,1-2H3,(H2,23,24,25,29). The molecule has 1 heterocycles. The molecule has 0 fully saturated rings. The lowest BCUT2D eigenvalue weighted by molar-refractivity contribution is 0.0951. The highest BCUT2D eigenvalue weighted by atomic mass is 35.5. The highest BCUT2D eigenvalue weighted by Crippen LogP contribution is 2.34. The zero-order valence-electron chi connectivity index (χ0n) is 15.4. The monoisotopic (exact) mass is 450 g/mol. The van der Waals surface area contributed by atoms with Crippen molar-refractivity contribution in [2.75, 3.05) is 19.5 Å². The third-order valence-corrected chi connectivity index (χ3v) is 4.95. The van der Waals surface area contributed by atoms with Crippen LogP contribution >= 0.6 is 35.4 Å². The van der Waals surface area contributed by atoms with Gasteiger partial charge in [-0.15, -0.1) is 0 Å². The van der Waals surface area contributed by atoms with Crippen LogP contribution in [0.3, 0.4) is 0 Å². The van der Waals surface area contributed by atoms with Gasteiger partial charge in [-0.05, 0) is 48.6 Å². The number of hydrogen-bond donors (Lipinski definition) is 2. The van der Waals surface area contributed by atoms with Crippen LogP contribution in [0.1, 0.15) is 10.6 Å². The first-order chi connectivity index (χ1) is 13.9. The summed E-state index contributed by atoms with van der Waals surface area (Å²) in [6, 6.07) is 13.5. The number of carbonyl (C=O) groups excluding carboxylic acids is 1. The number of benzene rings is 2. The van der Waals surface area contributed by atoms with E-state index >= 15 is 0 Å². The highest BCUT2D eigenvalue weighted by Gasteiger charge is 2.17. The summed E-state index contributed by atoms with van der Waals surface area (Å²) in [5.74, 6) is 1.11. The summed E-state index contributed by atoms with van der Waals surface area (Å²) in [4.78, 5) is 12.5. The van der Waals surface area contributed by atoms with Gasteiger partial charge < -0.3 is 19.2 Å². The van der Waals surface area contributed by atoms with Gasteiger partial charge >= 0.3 is 0 Å². The molecule has 3 aromatic rings. The van der Waals surface area contributed by atoms with Crippen molar-refractivity contribution in [2.45, 2.75) is 0 Å². The maximum atomic E-state index is 12.5. The Hall–Kier alpha value is -2.74. The fourth-order valence-corrected chi connectivity index (χ4v) is 3.13. The van der Waals surface area contributed by atoms with Gasteiger partial charge in [0, 0.05) is 11.6 Å². The number of methoxy groups -OCH3 is 2. The number of thiocarbonyl (C=S) groups is 1. The Morgan fingerprint density at radius 2 is 1.86 bits per heavy atom. The van der Waals surface area contributed by atoms with E-state index in [2.05, 4.69) is 10.6 Å². The largest absolute Gasteiger partial charge is 0.497 e. The summed E-state index contributed by atoms with van der Waals surface area (Å²) in [6.07, 6.45) is 0. The maximum Gasteiger partial charge on any atom is 0.293 e. The molecule has 0 aliphatic heterocycles. The zero-order chi connectivity index (χ0) is 21.0. The van der Waals surface area contributed by atoms with Crippen LogP contribution in [0.25, 0.3) is 11.3 Å². The van der Waals surface area contributed by atoms with Crippen LogP contribution < -0.4 is 20.1 Å². The van der Waals surface area contributed by atoms with Crippen LogP contribution in [0.5, 0.6) is 11.5 Å². The van der Waals surface area contributed by atoms with Gasteiger partial charge in [0.2, 0.25) is 0 Å². The molecule has 29 heavy (non-hydrogen) atoms. The smallest absolute Gasteiger partial charge is 0.293 e. The molecule has 0 spiro atoms. The highest BCUT2D eigenvalue weighted by molar-refractivity contribution is 7.80. The van der Waals surface area contributed by atoms with Gasteiger partial charge in [0.05, 0.1) is 30.0 Å². The van der Waals surface area contributed by atoms with Gasteiger partial charge in [-0.1, -0.05) is 29.3 Å². The van der Waals surface area contributed by atoms with E-state index in [1.165, 1.54) is 13.2 Å². The van der Waals surface area contributed by atoms with E-state index in [9.17, 15) is 4.79 Å². The summed E-state index contributed by atoms with van der Waals surface area (Å²) in [6.45, 7) is 0. The van der Waals surface area contributed by atoms with Crippen molar-refractivity contribution in [3.8, 4) is 22.8 Å². The molecule has 2 aromatic carbocycles. The molecule has 0 atom stereocenters. The SMILES string of the molecule is COc1ccc(OC)c(NC(=S)NC(=O)c2ccc(-c3cccc(Cl)c3Cl)o2)c1. The number of anilines is 1. The average molecular weight is 451 g/mol. The lowest BCUT2D eigenvalue weighted by atomic mass is 10.2. The van der Waals surface area contributed by atoms with Gasteiger partial charge in [0.15, 0.2) is 10.9 Å². The Bertz CT molecular complexity index is 1070. The molecule has 0 saturated heterocycles. The Kier molecular flexibility index (Phi) is 6.64. The minimum atomic E-state index is -0.520. The predicted molar refractivity (Wildman–Crippen MR) is 117 cm³/mol. The summed E-state index contributed by atoms with van der Waals surface area (Å²) in [5.41, 5.74) is 1.13. The van der Waals surface area contributed by atoms with Gasteiger partial charge in [-0.2, -0.15) is 0 Å². The van der Waals surface area contributed by atoms with Crippen molar-refractivity contribution in [1.29, 1.82) is 0 Å².